The second-order valence-electron chi connectivity index (χ2n) is 17.1. The predicted molar refractivity (Wildman–Crippen MR) is 212 cm³/mol. The molecule has 6 rings (SSSR count). The molecule has 0 spiro atoms. The number of esters is 1. The molecule has 2 aliphatic carbocycles. The fraction of sp³-hybridized carbons (Fsp3) is 0.643. The van der Waals surface area contributed by atoms with Crippen molar-refractivity contribution >= 4 is 44.4 Å². The number of Topliss-reactive ketones (excluding diaryl/α,β-unsaturated/α-hetero) is 1. The van der Waals surface area contributed by atoms with Crippen LogP contribution in [0.5, 0.6) is 17.5 Å². The van der Waals surface area contributed by atoms with Gasteiger partial charge in [-0.25, -0.2) is 12.8 Å². The number of carbonyl (C=O) groups excluding carboxylic acids is 4. The third-order valence-electron chi connectivity index (χ3n) is 12.4. The molecule has 1 N–H and O–H groups in total. The first kappa shape index (κ1) is 46.0. The summed E-state index contributed by atoms with van der Waals surface area (Å²) in [7, 11) is -1.53. The Hall–Kier alpha value is -4.52. The Bertz CT molecular complexity index is 2160. The first-order valence-electron chi connectivity index (χ1n) is 20.4. The summed E-state index contributed by atoms with van der Waals surface area (Å²) in [5.41, 5.74) is -4.44. The van der Waals surface area contributed by atoms with Gasteiger partial charge < -0.3 is 28.6 Å². The molecular formula is C42H53F4N3O11S. The molecule has 61 heavy (non-hydrogen) atoms. The van der Waals surface area contributed by atoms with Crippen LogP contribution < -0.4 is 18.9 Å². The maximum absolute atomic E-state index is 15.0. The van der Waals surface area contributed by atoms with Crippen molar-refractivity contribution in [3.63, 3.8) is 0 Å². The Morgan fingerprint density at radius 3 is 2.44 bits per heavy atom. The number of carbonyl (C=O) groups is 4. The van der Waals surface area contributed by atoms with Gasteiger partial charge in [0.2, 0.25) is 39.2 Å². The van der Waals surface area contributed by atoms with E-state index < -0.39 is 111 Å². The van der Waals surface area contributed by atoms with Crippen molar-refractivity contribution in [2.45, 2.75) is 126 Å². The smallest absolute Gasteiger partial charge is 0.427 e. The molecule has 2 amide bonds. The molecule has 3 heterocycles. The van der Waals surface area contributed by atoms with Gasteiger partial charge in [-0.1, -0.05) is 19.1 Å². The number of ether oxygens (including phenoxy) is 5. The van der Waals surface area contributed by atoms with E-state index in [0.29, 0.717) is 43.2 Å². The number of hydrogen-bond acceptors (Lipinski definition) is 12. The number of amides is 2. The molecule has 2 saturated carbocycles. The Kier molecular flexibility index (Phi) is 13.1. The number of aromatic nitrogens is 1. The van der Waals surface area contributed by atoms with Gasteiger partial charge in [0.25, 0.3) is 0 Å². The maximum Gasteiger partial charge on any atom is 0.427 e. The quantitative estimate of drug-likeness (QED) is 0.151. The van der Waals surface area contributed by atoms with E-state index in [-0.39, 0.29) is 50.4 Å². The summed E-state index contributed by atoms with van der Waals surface area (Å²) < 4.78 is 111. The Balaban J connectivity index is 1.39. The Morgan fingerprint density at radius 2 is 1.82 bits per heavy atom. The number of methoxy groups -OCH3 is 2. The lowest BCUT2D eigenvalue weighted by molar-refractivity contribution is -0.258. The molecule has 1 aromatic carbocycles. The molecular weight excluding hydrogens is 831 g/mol. The van der Waals surface area contributed by atoms with Crippen molar-refractivity contribution < 1.29 is 68.8 Å². The van der Waals surface area contributed by atoms with Crippen LogP contribution in [0.15, 0.2) is 36.4 Å². The number of alkyl halides is 4. The number of allylic oxidation sites excluding steroid dienone is 2. The molecule has 2 aromatic rings. The predicted octanol–water partition coefficient (Wildman–Crippen LogP) is 5.94. The van der Waals surface area contributed by atoms with Crippen LogP contribution in [0.2, 0.25) is 0 Å². The topological polar surface area (TPSA) is 177 Å². The lowest BCUT2D eigenvalue weighted by atomic mass is 9.90. The van der Waals surface area contributed by atoms with Crippen molar-refractivity contribution in [3.05, 3.63) is 36.4 Å². The normalized spacial score (nSPS) is 28.7. The molecule has 0 radical (unpaired) electrons. The zero-order chi connectivity index (χ0) is 44.7. The third-order valence-corrected chi connectivity index (χ3v) is 14.5. The first-order chi connectivity index (χ1) is 28.6. The van der Waals surface area contributed by atoms with Gasteiger partial charge in [-0.2, -0.15) is 18.2 Å². The molecule has 336 valence electrons. The van der Waals surface area contributed by atoms with Crippen LogP contribution in [-0.2, 0) is 38.7 Å². The summed E-state index contributed by atoms with van der Waals surface area (Å²) in [5, 5.41) is 1.17. The highest BCUT2D eigenvalue weighted by Crippen LogP contribution is 2.58. The van der Waals surface area contributed by atoms with E-state index in [1.807, 2.05) is 0 Å². The number of hydrogen-bond donors (Lipinski definition) is 1. The van der Waals surface area contributed by atoms with Gasteiger partial charge in [0, 0.05) is 24.3 Å². The SMILES string of the molecule is CC[C@@H]1O[C@H](C)CC/C=C\[C@@H]2C[C@@]2(C(=O)NS(=O)(=O)C2(CF)CC2)CC(=O)[C@@H]2C[C@@H](Oc3nc(OC)cc4cc(OC)ccc34)CN2C(=O)[C@H]1CC(=O)OC(C)(C)C(F)(F)F. The zero-order valence-electron chi connectivity index (χ0n) is 35.0. The number of nitrogens with zero attached hydrogens (tertiary/aromatic N) is 2. The van der Waals surface area contributed by atoms with Gasteiger partial charge in [-0.05, 0) is 88.8 Å². The number of ketones is 1. The molecule has 4 aliphatic rings. The second kappa shape index (κ2) is 17.3. The molecule has 0 bridgehead atoms. The van der Waals surface area contributed by atoms with E-state index >= 15 is 0 Å². The Morgan fingerprint density at radius 1 is 1.10 bits per heavy atom. The van der Waals surface area contributed by atoms with E-state index in [2.05, 4.69) is 9.71 Å². The van der Waals surface area contributed by atoms with Crippen molar-refractivity contribution in [2.75, 3.05) is 27.4 Å². The van der Waals surface area contributed by atoms with E-state index in [4.69, 9.17) is 23.7 Å². The molecule has 1 aromatic heterocycles. The van der Waals surface area contributed by atoms with E-state index in [0.717, 1.165) is 0 Å². The molecule has 7 atom stereocenters. The molecule has 1 saturated heterocycles. The van der Waals surface area contributed by atoms with Crippen LogP contribution in [0, 0.1) is 17.3 Å². The lowest BCUT2D eigenvalue weighted by Crippen LogP contribution is -2.50. The number of sulfonamides is 1. The van der Waals surface area contributed by atoms with Crippen LogP contribution in [-0.4, -0.2) is 110 Å². The number of benzene rings is 1. The standard InChI is InChI=1S/C42H53F4N3O11S/c1-7-33-30(19-35(51)60-39(3,4)42(44,45)46)37(52)49-22-28(59-36-29-13-12-27(56-5)16-25(29)17-34(47-36)57-6)18-31(49)32(50)21-41(20-26(41)11-9-8-10-24(2)58-33)38(53)48-61(54,55)40(23-43)14-15-40/h9,11-13,16-17,24,26,28,30-31,33H,7-8,10,14-15,18-23H2,1-6H3,(H,48,53)/b11-9-/t24-,26-,28-,30+,31+,33+,41-/m1/s1. The van der Waals surface area contributed by atoms with E-state index in [1.54, 1.807) is 50.3 Å². The van der Waals surface area contributed by atoms with Crippen molar-refractivity contribution in [3.8, 4) is 17.5 Å². The highest BCUT2D eigenvalue weighted by Gasteiger charge is 2.64. The first-order valence-corrected chi connectivity index (χ1v) is 21.9. The molecule has 0 unspecified atom stereocenters. The second-order valence-corrected chi connectivity index (χ2v) is 19.2. The molecule has 3 fully saturated rings. The monoisotopic (exact) mass is 883 g/mol. The number of rotatable bonds is 12. The summed E-state index contributed by atoms with van der Waals surface area (Å²) in [6, 6.07) is 5.48. The summed E-state index contributed by atoms with van der Waals surface area (Å²) in [6.45, 7) is 3.39. The number of nitrogens with one attached hydrogen (secondary N) is 1. The number of pyridine rings is 1. The average Bonchev–Trinajstić information content (AvgIpc) is 4.11. The van der Waals surface area contributed by atoms with Crippen molar-refractivity contribution in [1.82, 2.24) is 14.6 Å². The average molecular weight is 884 g/mol. The lowest BCUT2D eigenvalue weighted by Gasteiger charge is -2.34. The van der Waals surface area contributed by atoms with Gasteiger partial charge in [0.1, 0.15) is 23.3 Å². The minimum absolute atomic E-state index is 0.0360. The van der Waals surface area contributed by atoms with Crippen LogP contribution in [0.3, 0.4) is 0 Å². The van der Waals surface area contributed by atoms with Crippen LogP contribution in [0.1, 0.15) is 85.5 Å². The van der Waals surface area contributed by atoms with Crippen LogP contribution in [0.4, 0.5) is 17.6 Å². The summed E-state index contributed by atoms with van der Waals surface area (Å²) in [5.74, 6) is -4.86. The van der Waals surface area contributed by atoms with Gasteiger partial charge in [-0.15, -0.1) is 0 Å². The number of fused-ring (bicyclic) bond motifs is 3. The van der Waals surface area contributed by atoms with Crippen LogP contribution in [0.25, 0.3) is 10.8 Å². The fourth-order valence-corrected chi connectivity index (χ4v) is 9.63. The maximum atomic E-state index is 15.0. The number of halogens is 4. The van der Waals surface area contributed by atoms with Crippen molar-refractivity contribution in [1.29, 1.82) is 0 Å². The van der Waals surface area contributed by atoms with Crippen molar-refractivity contribution in [2.24, 2.45) is 17.3 Å². The van der Waals surface area contributed by atoms with Gasteiger partial charge >= 0.3 is 12.1 Å². The molecule has 14 nitrogen and oxygen atoms in total. The summed E-state index contributed by atoms with van der Waals surface area (Å²) >= 11 is 0. The van der Waals surface area contributed by atoms with Gasteiger partial charge in [0.05, 0.1) is 56.8 Å². The fourth-order valence-electron chi connectivity index (χ4n) is 8.18. The highest BCUT2D eigenvalue weighted by molar-refractivity contribution is 7.91. The van der Waals surface area contributed by atoms with Crippen LogP contribution >= 0.6 is 0 Å². The third kappa shape index (κ3) is 9.46. The minimum Gasteiger partial charge on any atom is -0.497 e. The molecule has 2 aliphatic heterocycles. The molecule has 19 heteroatoms. The van der Waals surface area contributed by atoms with E-state index in [1.165, 1.54) is 19.1 Å². The zero-order valence-corrected chi connectivity index (χ0v) is 35.8. The summed E-state index contributed by atoms with van der Waals surface area (Å²) in [6.07, 6.45) is -4.21. The van der Waals surface area contributed by atoms with Gasteiger partial charge in [0.15, 0.2) is 5.78 Å². The summed E-state index contributed by atoms with van der Waals surface area (Å²) in [4.78, 5) is 62.7. The Labute approximate surface area is 352 Å². The van der Waals surface area contributed by atoms with E-state index in [9.17, 15) is 45.2 Å². The highest BCUT2D eigenvalue weighted by atomic mass is 32.2. The largest absolute Gasteiger partial charge is 0.497 e. The minimum atomic E-state index is -4.93. The van der Waals surface area contributed by atoms with Gasteiger partial charge in [-0.3, -0.25) is 23.9 Å².